The maximum atomic E-state index is 12.2. The second kappa shape index (κ2) is 10.3. The summed E-state index contributed by atoms with van der Waals surface area (Å²) in [4.78, 5) is 14.4. The summed E-state index contributed by atoms with van der Waals surface area (Å²) in [5, 5.41) is 4.05. The number of rotatable bonds is 9. The minimum atomic E-state index is 0.0398. The van der Waals surface area contributed by atoms with Crippen LogP contribution in [-0.4, -0.2) is 43.7 Å². The van der Waals surface area contributed by atoms with Gasteiger partial charge in [-0.2, -0.15) is 0 Å². The predicted molar refractivity (Wildman–Crippen MR) is 115 cm³/mol. The first kappa shape index (κ1) is 21.9. The van der Waals surface area contributed by atoms with Crippen molar-refractivity contribution in [1.29, 1.82) is 0 Å². The molecule has 1 saturated heterocycles. The number of carbonyl (C=O) groups is 1. The average Bonchev–Trinajstić information content (AvgIpc) is 2.66. The number of halogens is 2. The molecule has 0 unspecified atom stereocenters. The number of hydrogen-bond donors (Lipinski definition) is 1. The summed E-state index contributed by atoms with van der Waals surface area (Å²) >= 11 is 12.0. The van der Waals surface area contributed by atoms with E-state index >= 15 is 0 Å². The van der Waals surface area contributed by atoms with Gasteiger partial charge in [0.25, 0.3) is 0 Å². The Morgan fingerprint density at radius 3 is 2.48 bits per heavy atom. The van der Waals surface area contributed by atoms with Crippen LogP contribution in [0.15, 0.2) is 42.5 Å². The smallest absolute Gasteiger partial charge is 0.225 e. The van der Waals surface area contributed by atoms with Crippen LogP contribution in [0.25, 0.3) is 0 Å². The molecular formula is C22H26Cl2N2O3. The zero-order chi connectivity index (χ0) is 20.8. The molecule has 5 nitrogen and oxygen atoms in total. The lowest BCUT2D eigenvalue weighted by Crippen LogP contribution is -2.54. The number of amides is 1. The molecule has 1 heterocycles. The molecule has 2 aromatic carbocycles. The average molecular weight is 437 g/mol. The van der Waals surface area contributed by atoms with E-state index in [4.69, 9.17) is 32.7 Å². The highest BCUT2D eigenvalue weighted by molar-refractivity contribution is 6.42. The third-order valence-corrected chi connectivity index (χ3v) is 5.59. The molecule has 29 heavy (non-hydrogen) atoms. The van der Waals surface area contributed by atoms with E-state index in [1.54, 1.807) is 13.2 Å². The molecule has 0 aromatic heterocycles. The van der Waals surface area contributed by atoms with E-state index < -0.39 is 0 Å². The molecule has 1 atom stereocenters. The second-order valence-electron chi connectivity index (χ2n) is 7.44. The van der Waals surface area contributed by atoms with Crippen LogP contribution >= 0.6 is 23.2 Å². The fourth-order valence-corrected chi connectivity index (χ4v) is 3.58. The Hall–Kier alpha value is -1.79. The molecule has 1 aliphatic heterocycles. The molecule has 0 spiro atoms. The van der Waals surface area contributed by atoms with Crippen LogP contribution in [0.2, 0.25) is 10.0 Å². The summed E-state index contributed by atoms with van der Waals surface area (Å²) in [7, 11) is 1.64. The molecule has 2 aromatic rings. The fraction of sp³-hybridized carbons (Fsp3) is 0.409. The molecule has 1 amide bonds. The standard InChI is InChI=1S/C22H26Cl2N2O3/c1-15(13-28-2)25-22(27)18-11-26(12-18)10-16-3-6-19(7-4-16)29-14-17-5-8-20(23)21(24)9-17/h3-9,15,18H,10-14H2,1-2H3,(H,25,27)/t15-/m1/s1. The molecule has 0 aliphatic carbocycles. The first-order valence-corrected chi connectivity index (χ1v) is 10.4. The summed E-state index contributed by atoms with van der Waals surface area (Å²) in [6.07, 6.45) is 0. The van der Waals surface area contributed by atoms with Crippen LogP contribution in [-0.2, 0) is 22.7 Å². The van der Waals surface area contributed by atoms with Crippen molar-refractivity contribution < 1.29 is 14.3 Å². The van der Waals surface area contributed by atoms with Gasteiger partial charge in [-0.3, -0.25) is 9.69 Å². The highest BCUT2D eigenvalue weighted by Gasteiger charge is 2.32. The van der Waals surface area contributed by atoms with Gasteiger partial charge in [-0.25, -0.2) is 0 Å². The van der Waals surface area contributed by atoms with E-state index in [-0.39, 0.29) is 17.9 Å². The molecule has 1 N–H and O–H groups in total. The number of nitrogens with one attached hydrogen (secondary N) is 1. The normalized spacial score (nSPS) is 15.6. The number of ether oxygens (including phenoxy) is 2. The van der Waals surface area contributed by atoms with Crippen LogP contribution in [0, 0.1) is 5.92 Å². The number of hydrogen-bond acceptors (Lipinski definition) is 4. The summed E-state index contributed by atoms with van der Waals surface area (Å²) < 4.78 is 10.9. The third-order valence-electron chi connectivity index (χ3n) is 4.85. The summed E-state index contributed by atoms with van der Waals surface area (Å²) in [5.74, 6) is 0.966. The predicted octanol–water partition coefficient (Wildman–Crippen LogP) is 4.16. The van der Waals surface area contributed by atoms with Gasteiger partial charge in [0.2, 0.25) is 5.91 Å². The molecule has 1 aliphatic rings. The summed E-state index contributed by atoms with van der Waals surface area (Å²) in [5.41, 5.74) is 2.16. The largest absolute Gasteiger partial charge is 0.489 e. The molecule has 0 radical (unpaired) electrons. The Balaban J connectivity index is 1.41. The molecule has 0 bridgehead atoms. The number of nitrogens with zero attached hydrogens (tertiary/aromatic N) is 1. The van der Waals surface area contributed by atoms with Gasteiger partial charge in [-0.05, 0) is 42.3 Å². The Bertz CT molecular complexity index is 823. The van der Waals surface area contributed by atoms with Crippen molar-refractivity contribution in [1.82, 2.24) is 10.2 Å². The van der Waals surface area contributed by atoms with Gasteiger partial charge in [0.05, 0.1) is 22.6 Å². The molecule has 1 fully saturated rings. The summed E-state index contributed by atoms with van der Waals surface area (Å²) in [6, 6.07) is 13.5. The van der Waals surface area contributed by atoms with Crippen molar-refractivity contribution in [2.24, 2.45) is 5.92 Å². The highest BCUT2D eigenvalue weighted by Crippen LogP contribution is 2.24. The van der Waals surface area contributed by atoms with Crippen LogP contribution < -0.4 is 10.1 Å². The van der Waals surface area contributed by atoms with Gasteiger partial charge in [-0.15, -0.1) is 0 Å². The molecule has 3 rings (SSSR count). The molecule has 7 heteroatoms. The molecule has 0 saturated carbocycles. The Morgan fingerprint density at radius 1 is 1.14 bits per heavy atom. The van der Waals surface area contributed by atoms with Gasteiger partial charge < -0.3 is 14.8 Å². The second-order valence-corrected chi connectivity index (χ2v) is 8.25. The van der Waals surface area contributed by atoms with E-state index in [1.165, 1.54) is 5.56 Å². The Labute approximate surface area is 181 Å². The number of carbonyl (C=O) groups excluding carboxylic acids is 1. The minimum Gasteiger partial charge on any atom is -0.489 e. The maximum absolute atomic E-state index is 12.2. The first-order valence-electron chi connectivity index (χ1n) is 9.62. The van der Waals surface area contributed by atoms with Crippen molar-refractivity contribution >= 4 is 29.1 Å². The van der Waals surface area contributed by atoms with E-state index in [1.807, 2.05) is 31.2 Å². The highest BCUT2D eigenvalue weighted by atomic mass is 35.5. The van der Waals surface area contributed by atoms with Gasteiger partial charge >= 0.3 is 0 Å². The van der Waals surface area contributed by atoms with Gasteiger partial charge in [-0.1, -0.05) is 41.4 Å². The SMILES string of the molecule is COC[C@@H](C)NC(=O)C1CN(Cc2ccc(OCc3ccc(Cl)c(Cl)c3)cc2)C1. The van der Waals surface area contributed by atoms with E-state index in [9.17, 15) is 4.79 Å². The third kappa shape index (κ3) is 6.34. The van der Waals surface area contributed by atoms with Crippen LogP contribution in [0.4, 0.5) is 0 Å². The van der Waals surface area contributed by atoms with Gasteiger partial charge in [0.15, 0.2) is 0 Å². The number of methoxy groups -OCH3 is 1. The van der Waals surface area contributed by atoms with Crippen LogP contribution in [0.1, 0.15) is 18.1 Å². The van der Waals surface area contributed by atoms with Crippen molar-refractivity contribution in [3.8, 4) is 5.75 Å². The van der Waals surface area contributed by atoms with Gasteiger partial charge in [0.1, 0.15) is 12.4 Å². The molecular weight excluding hydrogens is 411 g/mol. The lowest BCUT2D eigenvalue weighted by Gasteiger charge is -2.38. The lowest BCUT2D eigenvalue weighted by atomic mass is 9.98. The van der Waals surface area contributed by atoms with E-state index in [0.29, 0.717) is 23.3 Å². The van der Waals surface area contributed by atoms with Crippen LogP contribution in [0.5, 0.6) is 5.75 Å². The fourth-order valence-electron chi connectivity index (χ4n) is 3.26. The Kier molecular flexibility index (Phi) is 7.78. The quantitative estimate of drug-likeness (QED) is 0.640. The lowest BCUT2D eigenvalue weighted by molar-refractivity contribution is -0.131. The number of benzene rings is 2. The first-order chi connectivity index (χ1) is 13.9. The monoisotopic (exact) mass is 436 g/mol. The maximum Gasteiger partial charge on any atom is 0.225 e. The van der Waals surface area contributed by atoms with Gasteiger partial charge in [0, 0.05) is 32.8 Å². The Morgan fingerprint density at radius 2 is 1.83 bits per heavy atom. The molecule has 156 valence electrons. The van der Waals surface area contributed by atoms with E-state index in [0.717, 1.165) is 30.9 Å². The van der Waals surface area contributed by atoms with E-state index in [2.05, 4.69) is 22.3 Å². The topological polar surface area (TPSA) is 50.8 Å². The zero-order valence-electron chi connectivity index (χ0n) is 16.7. The number of likely N-dealkylation sites (tertiary alicyclic amines) is 1. The summed E-state index contributed by atoms with van der Waals surface area (Å²) in [6.45, 7) is 5.29. The van der Waals surface area contributed by atoms with Crippen molar-refractivity contribution in [2.75, 3.05) is 26.8 Å². The minimum absolute atomic E-state index is 0.0398. The van der Waals surface area contributed by atoms with Crippen molar-refractivity contribution in [3.63, 3.8) is 0 Å². The van der Waals surface area contributed by atoms with Crippen LogP contribution in [0.3, 0.4) is 0 Å². The zero-order valence-corrected chi connectivity index (χ0v) is 18.2. The van der Waals surface area contributed by atoms with Crippen molar-refractivity contribution in [3.05, 3.63) is 63.6 Å². The van der Waals surface area contributed by atoms with Crippen molar-refractivity contribution in [2.45, 2.75) is 26.1 Å².